The van der Waals surface area contributed by atoms with Crippen molar-refractivity contribution in [3.05, 3.63) is 29.3 Å². The number of hydrogen-bond donors (Lipinski definition) is 5. The van der Waals surface area contributed by atoms with Crippen LogP contribution in [0.5, 0.6) is 0 Å². The van der Waals surface area contributed by atoms with Gasteiger partial charge in [-0.15, -0.1) is 0 Å². The molecule has 8 heteroatoms. The molecule has 7 N–H and O–H groups in total. The fraction of sp³-hybridized carbons (Fsp3) is 0.0833. The fourth-order valence-corrected chi connectivity index (χ4v) is 1.94. The lowest BCUT2D eigenvalue weighted by molar-refractivity contribution is 0.0955. The van der Waals surface area contributed by atoms with Crippen LogP contribution in [0.3, 0.4) is 0 Å². The normalized spacial score (nSPS) is 10.3. The summed E-state index contributed by atoms with van der Waals surface area (Å²) < 4.78 is 0. The molecular formula is C12H13N5O3. The van der Waals surface area contributed by atoms with E-state index in [0.717, 1.165) is 0 Å². The molecule has 0 fully saturated rings. The van der Waals surface area contributed by atoms with Crippen molar-refractivity contribution in [1.29, 1.82) is 0 Å². The molecule has 0 aliphatic carbocycles. The first-order valence-electron chi connectivity index (χ1n) is 5.68. The molecule has 0 aliphatic rings. The van der Waals surface area contributed by atoms with Crippen molar-refractivity contribution in [2.45, 2.75) is 6.92 Å². The Morgan fingerprint density at radius 3 is 2.50 bits per heavy atom. The maximum absolute atomic E-state index is 11.8. The molecule has 2 aromatic rings. The molecule has 0 radical (unpaired) electrons. The number of anilines is 1. The lowest BCUT2D eigenvalue weighted by Crippen LogP contribution is -2.31. The zero-order chi connectivity index (χ0) is 14.9. The number of aromatic amines is 1. The highest BCUT2D eigenvalue weighted by Crippen LogP contribution is 2.27. The van der Waals surface area contributed by atoms with Crippen LogP contribution in [0.4, 0.5) is 10.6 Å². The van der Waals surface area contributed by atoms with Gasteiger partial charge in [0, 0.05) is 16.5 Å². The molecule has 0 atom stereocenters. The van der Waals surface area contributed by atoms with Crippen molar-refractivity contribution < 1.29 is 14.4 Å². The third-order valence-electron chi connectivity index (χ3n) is 2.81. The zero-order valence-corrected chi connectivity index (χ0v) is 10.6. The van der Waals surface area contributed by atoms with Crippen molar-refractivity contribution in [3.63, 3.8) is 0 Å². The second-order valence-electron chi connectivity index (χ2n) is 4.15. The van der Waals surface area contributed by atoms with E-state index < -0.39 is 11.9 Å². The number of aromatic nitrogens is 1. The molecule has 0 spiro atoms. The van der Waals surface area contributed by atoms with E-state index in [9.17, 15) is 14.4 Å². The Kier molecular flexibility index (Phi) is 3.40. The molecule has 1 aromatic heterocycles. The summed E-state index contributed by atoms with van der Waals surface area (Å²) in [6, 6.07) is 3.94. The molecule has 3 amide bonds. The third kappa shape index (κ3) is 2.31. The first kappa shape index (κ1) is 13.6. The first-order chi connectivity index (χ1) is 9.43. The molecule has 8 nitrogen and oxygen atoms in total. The number of rotatable bonds is 3. The molecule has 1 heterocycles. The van der Waals surface area contributed by atoms with Gasteiger partial charge in [-0.05, 0) is 13.0 Å². The van der Waals surface area contributed by atoms with Gasteiger partial charge in [0.05, 0.1) is 5.56 Å². The lowest BCUT2D eigenvalue weighted by atomic mass is 10.1. The van der Waals surface area contributed by atoms with Gasteiger partial charge in [-0.2, -0.15) is 0 Å². The standard InChI is InChI=1S/C12H13N5O3/c1-5(18)6-2-3-7-8(4-6)15-10(16-12(13)20)9(7)11(19)17-14/h2-4,15H,14H2,1H3,(H,17,19)(H3,13,16,20). The molecule has 2 rings (SSSR count). The van der Waals surface area contributed by atoms with Crippen LogP contribution >= 0.6 is 0 Å². The Labute approximate surface area is 113 Å². The molecule has 1 aromatic carbocycles. The van der Waals surface area contributed by atoms with E-state index in [4.69, 9.17) is 11.6 Å². The number of ketones is 1. The molecular weight excluding hydrogens is 262 g/mol. The largest absolute Gasteiger partial charge is 0.351 e. The van der Waals surface area contributed by atoms with Crippen LogP contribution in [-0.4, -0.2) is 22.7 Å². The van der Waals surface area contributed by atoms with Crippen molar-refractivity contribution in [2.24, 2.45) is 11.6 Å². The summed E-state index contributed by atoms with van der Waals surface area (Å²) in [5.41, 5.74) is 8.18. The average Bonchev–Trinajstić information content (AvgIpc) is 2.73. The van der Waals surface area contributed by atoms with E-state index in [2.05, 4.69) is 10.3 Å². The summed E-state index contributed by atoms with van der Waals surface area (Å²) in [6.45, 7) is 1.43. The van der Waals surface area contributed by atoms with E-state index in [0.29, 0.717) is 16.5 Å². The van der Waals surface area contributed by atoms with Gasteiger partial charge < -0.3 is 10.7 Å². The van der Waals surface area contributed by atoms with Gasteiger partial charge >= 0.3 is 6.03 Å². The molecule has 104 valence electrons. The number of nitrogens with one attached hydrogen (secondary N) is 3. The van der Waals surface area contributed by atoms with Crippen molar-refractivity contribution in [1.82, 2.24) is 10.4 Å². The fourth-order valence-electron chi connectivity index (χ4n) is 1.94. The number of nitrogens with two attached hydrogens (primary N) is 2. The first-order valence-corrected chi connectivity index (χ1v) is 5.68. The number of fused-ring (bicyclic) bond motifs is 1. The number of primary amides is 1. The van der Waals surface area contributed by atoms with Gasteiger partial charge in [-0.1, -0.05) is 12.1 Å². The second kappa shape index (κ2) is 5.02. The van der Waals surface area contributed by atoms with Gasteiger partial charge in [0.1, 0.15) is 5.82 Å². The predicted octanol–water partition coefficient (Wildman–Crippen LogP) is 0.465. The van der Waals surface area contributed by atoms with Gasteiger partial charge in [-0.25, -0.2) is 10.6 Å². The lowest BCUT2D eigenvalue weighted by Gasteiger charge is -2.03. The monoisotopic (exact) mass is 275 g/mol. The summed E-state index contributed by atoms with van der Waals surface area (Å²) >= 11 is 0. The Hall–Kier alpha value is -2.87. The number of H-pyrrole nitrogens is 1. The van der Waals surface area contributed by atoms with Crippen molar-refractivity contribution in [2.75, 3.05) is 5.32 Å². The molecule has 0 saturated carbocycles. The molecule has 0 aliphatic heterocycles. The Morgan fingerprint density at radius 1 is 1.25 bits per heavy atom. The smallest absolute Gasteiger partial charge is 0.317 e. The zero-order valence-electron chi connectivity index (χ0n) is 10.6. The van der Waals surface area contributed by atoms with Gasteiger partial charge in [0.2, 0.25) is 0 Å². The quantitative estimate of drug-likeness (QED) is 0.240. The number of carbonyl (C=O) groups is 3. The van der Waals surface area contributed by atoms with Crippen molar-refractivity contribution in [3.8, 4) is 0 Å². The van der Waals surface area contributed by atoms with Gasteiger partial charge in [0.15, 0.2) is 5.78 Å². The predicted molar refractivity (Wildman–Crippen MR) is 73.2 cm³/mol. The van der Waals surface area contributed by atoms with E-state index in [1.807, 2.05) is 5.43 Å². The topological polar surface area (TPSA) is 143 Å². The molecule has 0 saturated heterocycles. The van der Waals surface area contributed by atoms with Crippen LogP contribution in [0.25, 0.3) is 10.9 Å². The van der Waals surface area contributed by atoms with Crippen LogP contribution in [0, 0.1) is 0 Å². The second-order valence-corrected chi connectivity index (χ2v) is 4.15. The summed E-state index contributed by atoms with van der Waals surface area (Å²) in [5.74, 6) is 4.54. The van der Waals surface area contributed by atoms with E-state index >= 15 is 0 Å². The highest BCUT2D eigenvalue weighted by atomic mass is 16.2. The van der Waals surface area contributed by atoms with Gasteiger partial charge in [-0.3, -0.25) is 20.3 Å². The number of hydrogen-bond acceptors (Lipinski definition) is 4. The number of benzene rings is 1. The minimum atomic E-state index is -0.825. The maximum Gasteiger partial charge on any atom is 0.317 e. The Morgan fingerprint density at radius 2 is 1.95 bits per heavy atom. The maximum atomic E-state index is 11.8. The van der Waals surface area contributed by atoms with Crippen LogP contribution in [0.1, 0.15) is 27.6 Å². The average molecular weight is 275 g/mol. The minimum Gasteiger partial charge on any atom is -0.351 e. The highest BCUT2D eigenvalue weighted by Gasteiger charge is 2.19. The van der Waals surface area contributed by atoms with Crippen LogP contribution in [0.15, 0.2) is 18.2 Å². The van der Waals surface area contributed by atoms with E-state index in [1.165, 1.54) is 6.92 Å². The Bertz CT molecular complexity index is 719. The minimum absolute atomic E-state index is 0.115. The number of amides is 3. The van der Waals surface area contributed by atoms with Crippen LogP contribution < -0.4 is 22.3 Å². The van der Waals surface area contributed by atoms with Crippen molar-refractivity contribution >= 4 is 34.4 Å². The number of hydrazine groups is 1. The summed E-state index contributed by atoms with van der Waals surface area (Å²) in [4.78, 5) is 36.9. The van der Waals surface area contributed by atoms with Crippen LogP contribution in [-0.2, 0) is 0 Å². The summed E-state index contributed by atoms with van der Waals surface area (Å²) in [7, 11) is 0. The number of Topliss-reactive ketones (excluding diaryl/α,β-unsaturated/α-hetero) is 1. The number of urea groups is 1. The van der Waals surface area contributed by atoms with E-state index in [-0.39, 0.29) is 17.2 Å². The third-order valence-corrected chi connectivity index (χ3v) is 2.81. The number of nitrogen functional groups attached to an aromatic ring is 1. The number of carbonyl (C=O) groups excluding carboxylic acids is 3. The summed E-state index contributed by atoms with van der Waals surface area (Å²) in [6.07, 6.45) is 0. The highest BCUT2D eigenvalue weighted by molar-refractivity contribution is 6.14. The summed E-state index contributed by atoms with van der Waals surface area (Å²) in [5, 5.41) is 2.82. The van der Waals surface area contributed by atoms with E-state index in [1.54, 1.807) is 18.2 Å². The molecule has 20 heavy (non-hydrogen) atoms. The molecule has 0 unspecified atom stereocenters. The SMILES string of the molecule is CC(=O)c1ccc2c(C(=O)NN)c(NC(N)=O)[nH]c2c1. The van der Waals surface area contributed by atoms with Gasteiger partial charge in [0.25, 0.3) is 5.91 Å². The van der Waals surface area contributed by atoms with Crippen LogP contribution in [0.2, 0.25) is 0 Å². The Balaban J connectivity index is 2.67. The molecule has 0 bridgehead atoms.